The van der Waals surface area contributed by atoms with Crippen molar-refractivity contribution in [3.63, 3.8) is 0 Å². The van der Waals surface area contributed by atoms with Crippen molar-refractivity contribution in [2.45, 2.75) is 6.92 Å². The van der Waals surface area contributed by atoms with Gasteiger partial charge >= 0.3 is 0 Å². The van der Waals surface area contributed by atoms with Crippen LogP contribution in [-0.2, 0) is 0 Å². The molecule has 1 heterocycles. The van der Waals surface area contributed by atoms with Crippen molar-refractivity contribution in [3.05, 3.63) is 107 Å². The number of nitrogens with zero attached hydrogens (tertiary/aromatic N) is 2. The Labute approximate surface area is 170 Å². The largest absolute Gasteiger partial charge is 0.295 e. The van der Waals surface area contributed by atoms with Gasteiger partial charge in [-0.3, -0.25) is 14.8 Å². The molecular weight excluding hydrogens is 356 g/mol. The number of fused-ring (bicyclic) bond motifs is 1. The van der Waals surface area contributed by atoms with Crippen LogP contribution in [0.4, 0.5) is 5.69 Å². The minimum absolute atomic E-state index is 0.0814. The molecule has 0 amide bonds. The predicted octanol–water partition coefficient (Wildman–Crippen LogP) is 6.36. The van der Waals surface area contributed by atoms with Gasteiger partial charge in [-0.25, -0.2) is 0 Å². The van der Waals surface area contributed by atoms with Crippen LogP contribution in [0.2, 0.25) is 0 Å². The number of hydrogen-bond donors (Lipinski definition) is 0. The molecule has 0 bridgehead atoms. The van der Waals surface area contributed by atoms with E-state index in [2.05, 4.69) is 40.3 Å². The summed E-state index contributed by atoms with van der Waals surface area (Å²) in [6.45, 7) is 1.58. The number of aliphatic imine (C=N–C) groups is 1. The summed E-state index contributed by atoms with van der Waals surface area (Å²) < 4.78 is 0. The molecule has 4 aromatic rings. The first-order valence-electron chi connectivity index (χ1n) is 9.45. The van der Waals surface area contributed by atoms with Gasteiger partial charge in [0.2, 0.25) is 0 Å². The highest BCUT2D eigenvalue weighted by atomic mass is 16.1. The molecule has 0 unspecified atom stereocenters. The number of carbonyl (C=O) groups is 1. The maximum atomic E-state index is 11.3. The second-order valence-electron chi connectivity index (χ2n) is 6.81. The molecule has 0 aliphatic rings. The van der Waals surface area contributed by atoms with Crippen LogP contribution in [-0.4, -0.2) is 17.0 Å². The second-order valence-corrected chi connectivity index (χ2v) is 6.81. The van der Waals surface area contributed by atoms with E-state index in [1.54, 1.807) is 13.1 Å². The van der Waals surface area contributed by atoms with Gasteiger partial charge in [0, 0.05) is 34.9 Å². The summed E-state index contributed by atoms with van der Waals surface area (Å²) in [4.78, 5) is 20.2. The van der Waals surface area contributed by atoms with E-state index in [1.807, 2.05) is 67.0 Å². The van der Waals surface area contributed by atoms with E-state index in [-0.39, 0.29) is 5.78 Å². The van der Waals surface area contributed by atoms with Crippen molar-refractivity contribution in [3.8, 4) is 0 Å². The minimum Gasteiger partial charge on any atom is -0.295 e. The highest BCUT2D eigenvalue weighted by Gasteiger charge is 1.99. The summed E-state index contributed by atoms with van der Waals surface area (Å²) in [5.41, 5.74) is 4.87. The third-order valence-corrected chi connectivity index (χ3v) is 4.73. The molecule has 0 aliphatic heterocycles. The lowest BCUT2D eigenvalue weighted by atomic mass is 10.1. The van der Waals surface area contributed by atoms with E-state index in [4.69, 9.17) is 0 Å². The molecule has 0 atom stereocenters. The number of ketones is 1. The highest BCUT2D eigenvalue weighted by Crippen LogP contribution is 2.24. The van der Waals surface area contributed by atoms with Crippen LogP contribution in [0.25, 0.3) is 22.9 Å². The van der Waals surface area contributed by atoms with Crippen LogP contribution in [0.3, 0.4) is 0 Å². The van der Waals surface area contributed by atoms with Crippen molar-refractivity contribution in [1.82, 2.24) is 4.98 Å². The van der Waals surface area contributed by atoms with Gasteiger partial charge in [0.1, 0.15) is 0 Å². The Morgan fingerprint density at radius 3 is 2.17 bits per heavy atom. The predicted molar refractivity (Wildman–Crippen MR) is 121 cm³/mol. The Balaban J connectivity index is 1.47. The quantitative estimate of drug-likeness (QED) is 0.231. The molecule has 1 aromatic heterocycles. The Bertz CT molecular complexity index is 1200. The van der Waals surface area contributed by atoms with E-state index < -0.39 is 0 Å². The lowest BCUT2D eigenvalue weighted by Crippen LogP contribution is -1.90. The minimum atomic E-state index is 0.0814. The van der Waals surface area contributed by atoms with Gasteiger partial charge in [-0.2, -0.15) is 0 Å². The smallest absolute Gasteiger partial charge is 0.159 e. The Hall–Kier alpha value is -3.85. The first kappa shape index (κ1) is 18.5. The molecule has 3 aromatic carbocycles. The van der Waals surface area contributed by atoms with Crippen LogP contribution in [0.1, 0.15) is 34.0 Å². The van der Waals surface area contributed by atoms with Gasteiger partial charge in [0.15, 0.2) is 5.78 Å². The SMILES string of the molecule is CC(=O)c1ccc(C=Cc2ccc(C=Nc3cccc4cnccc34)cc2)cc1. The zero-order valence-corrected chi connectivity index (χ0v) is 16.1. The van der Waals surface area contributed by atoms with Crippen molar-refractivity contribution >= 4 is 40.6 Å². The second kappa shape index (κ2) is 8.44. The van der Waals surface area contributed by atoms with Crippen molar-refractivity contribution in [2.75, 3.05) is 0 Å². The lowest BCUT2D eigenvalue weighted by molar-refractivity contribution is 0.101. The van der Waals surface area contributed by atoms with Crippen molar-refractivity contribution in [2.24, 2.45) is 4.99 Å². The number of rotatable bonds is 5. The first-order valence-corrected chi connectivity index (χ1v) is 9.45. The molecule has 0 saturated carbocycles. The molecule has 0 radical (unpaired) electrons. The molecule has 0 spiro atoms. The fourth-order valence-corrected chi connectivity index (χ4v) is 3.08. The van der Waals surface area contributed by atoms with Gasteiger partial charge in [0.05, 0.1) is 5.69 Å². The third kappa shape index (κ3) is 4.53. The Morgan fingerprint density at radius 1 is 0.828 bits per heavy atom. The zero-order chi connectivity index (χ0) is 20.1. The monoisotopic (exact) mass is 376 g/mol. The summed E-state index contributed by atoms with van der Waals surface area (Å²) in [6.07, 6.45) is 9.61. The van der Waals surface area contributed by atoms with Crippen LogP contribution in [0.5, 0.6) is 0 Å². The van der Waals surface area contributed by atoms with Crippen LogP contribution < -0.4 is 0 Å². The van der Waals surface area contributed by atoms with Crippen molar-refractivity contribution in [1.29, 1.82) is 0 Å². The van der Waals surface area contributed by atoms with Crippen LogP contribution in [0.15, 0.2) is 90.2 Å². The molecule has 0 fully saturated rings. The molecule has 4 rings (SSSR count). The molecule has 140 valence electrons. The number of carbonyl (C=O) groups excluding carboxylic acids is 1. The normalized spacial score (nSPS) is 11.5. The van der Waals surface area contributed by atoms with E-state index in [0.717, 1.165) is 38.7 Å². The van der Waals surface area contributed by atoms with Gasteiger partial charge in [-0.1, -0.05) is 72.8 Å². The standard InChI is InChI=1S/C26H20N2O/c1-19(29)23-13-11-21(12-14-23)6-5-20-7-9-22(10-8-20)17-28-26-4-2-3-24-18-27-16-15-25(24)26/h2-18H,1H3. The fourth-order valence-electron chi connectivity index (χ4n) is 3.08. The average Bonchev–Trinajstić information content (AvgIpc) is 2.77. The fraction of sp³-hybridized carbons (Fsp3) is 0.0385. The molecule has 3 nitrogen and oxygen atoms in total. The van der Waals surface area contributed by atoms with Gasteiger partial charge in [-0.15, -0.1) is 0 Å². The number of Topliss-reactive ketones (excluding diaryl/α,β-unsaturated/α-hetero) is 1. The number of aromatic nitrogens is 1. The molecule has 0 aliphatic carbocycles. The third-order valence-electron chi connectivity index (χ3n) is 4.73. The molecular formula is C26H20N2O. The summed E-state index contributed by atoms with van der Waals surface area (Å²) >= 11 is 0. The van der Waals surface area contributed by atoms with Crippen LogP contribution in [0, 0.1) is 0 Å². The summed E-state index contributed by atoms with van der Waals surface area (Å²) in [5, 5.41) is 2.17. The number of pyridine rings is 1. The summed E-state index contributed by atoms with van der Waals surface area (Å²) in [5.74, 6) is 0.0814. The van der Waals surface area contributed by atoms with E-state index in [9.17, 15) is 4.79 Å². The number of benzene rings is 3. The maximum Gasteiger partial charge on any atom is 0.159 e. The first-order chi connectivity index (χ1) is 14.2. The summed E-state index contributed by atoms with van der Waals surface area (Å²) in [6, 6.07) is 23.9. The Kier molecular flexibility index (Phi) is 5.39. The van der Waals surface area contributed by atoms with Gasteiger partial charge in [0.25, 0.3) is 0 Å². The van der Waals surface area contributed by atoms with E-state index in [0.29, 0.717) is 0 Å². The van der Waals surface area contributed by atoms with E-state index >= 15 is 0 Å². The van der Waals surface area contributed by atoms with E-state index in [1.165, 1.54) is 0 Å². The molecule has 0 N–H and O–H groups in total. The topological polar surface area (TPSA) is 42.3 Å². The summed E-state index contributed by atoms with van der Waals surface area (Å²) in [7, 11) is 0. The average molecular weight is 376 g/mol. The Morgan fingerprint density at radius 2 is 1.48 bits per heavy atom. The van der Waals surface area contributed by atoms with Gasteiger partial charge < -0.3 is 0 Å². The number of hydrogen-bond acceptors (Lipinski definition) is 3. The zero-order valence-electron chi connectivity index (χ0n) is 16.1. The molecule has 0 saturated heterocycles. The van der Waals surface area contributed by atoms with Crippen LogP contribution >= 0.6 is 0 Å². The highest BCUT2D eigenvalue weighted by molar-refractivity contribution is 5.95. The molecule has 29 heavy (non-hydrogen) atoms. The lowest BCUT2D eigenvalue weighted by Gasteiger charge is -2.01. The van der Waals surface area contributed by atoms with Crippen molar-refractivity contribution < 1.29 is 4.79 Å². The maximum absolute atomic E-state index is 11.3. The molecule has 3 heteroatoms. The van der Waals surface area contributed by atoms with Gasteiger partial charge in [-0.05, 0) is 35.7 Å².